The van der Waals surface area contributed by atoms with E-state index in [1.54, 1.807) is 0 Å². The third-order valence-corrected chi connectivity index (χ3v) is 4.54. The Morgan fingerprint density at radius 3 is 2.21 bits per heavy atom. The fraction of sp³-hybridized carbons (Fsp3) is 0.556. The Kier molecular flexibility index (Phi) is 4.44. The Morgan fingerprint density at radius 1 is 1.21 bits per heavy atom. The van der Waals surface area contributed by atoms with Gasteiger partial charge in [0.2, 0.25) is 0 Å². The van der Waals surface area contributed by atoms with Crippen molar-refractivity contribution in [1.29, 1.82) is 0 Å². The number of carbonyl (C=O) groups is 1. The number of hydrogen-bond donors (Lipinski definition) is 0. The normalized spacial score (nSPS) is 17.7. The van der Waals surface area contributed by atoms with E-state index in [0.717, 1.165) is 23.1 Å². The highest BCUT2D eigenvalue weighted by atomic mass is 16.1. The molecule has 1 aromatic rings. The van der Waals surface area contributed by atoms with Crippen molar-refractivity contribution in [2.45, 2.75) is 52.9 Å². The molecule has 1 aromatic carbocycles. The zero-order chi connectivity index (χ0) is 14.0. The summed E-state index contributed by atoms with van der Waals surface area (Å²) in [5, 5.41) is 0. The van der Waals surface area contributed by atoms with Gasteiger partial charge in [-0.3, -0.25) is 4.79 Å². The SMILES string of the molecule is [CH2]CC(C(=O)c1c(C)cc(C)cc1C)C1CCCC1. The molecule has 0 amide bonds. The Labute approximate surface area is 117 Å². The summed E-state index contributed by atoms with van der Waals surface area (Å²) in [4.78, 5) is 12.9. The maximum atomic E-state index is 12.9. The second-order valence-electron chi connectivity index (χ2n) is 6.08. The number of aryl methyl sites for hydroxylation is 3. The van der Waals surface area contributed by atoms with Crippen molar-refractivity contribution in [3.63, 3.8) is 0 Å². The molecule has 1 fully saturated rings. The van der Waals surface area contributed by atoms with E-state index in [1.165, 1.54) is 31.2 Å². The van der Waals surface area contributed by atoms with Gasteiger partial charge in [0, 0.05) is 11.5 Å². The minimum Gasteiger partial charge on any atom is -0.294 e. The van der Waals surface area contributed by atoms with Crippen molar-refractivity contribution in [3.8, 4) is 0 Å². The average Bonchev–Trinajstić information content (AvgIpc) is 2.82. The monoisotopic (exact) mass is 257 g/mol. The second kappa shape index (κ2) is 5.90. The Morgan fingerprint density at radius 2 is 1.74 bits per heavy atom. The number of rotatable bonds is 4. The molecule has 1 atom stereocenters. The number of Topliss-reactive ketones (excluding diaryl/α,β-unsaturated/α-hetero) is 1. The number of benzene rings is 1. The first-order chi connectivity index (χ1) is 9.04. The molecule has 0 heterocycles. The van der Waals surface area contributed by atoms with Crippen LogP contribution in [0.5, 0.6) is 0 Å². The smallest absolute Gasteiger partial charge is 0.166 e. The van der Waals surface area contributed by atoms with Crippen molar-refractivity contribution in [3.05, 3.63) is 41.3 Å². The van der Waals surface area contributed by atoms with Gasteiger partial charge in [0.05, 0.1) is 0 Å². The summed E-state index contributed by atoms with van der Waals surface area (Å²) in [5.74, 6) is 1.02. The summed E-state index contributed by atoms with van der Waals surface area (Å²) < 4.78 is 0. The molecule has 103 valence electrons. The molecule has 2 rings (SSSR count). The molecule has 1 nitrogen and oxygen atoms in total. The number of ketones is 1. The lowest BCUT2D eigenvalue weighted by atomic mass is 9.80. The Balaban J connectivity index is 2.32. The Bertz CT molecular complexity index is 444. The van der Waals surface area contributed by atoms with Crippen LogP contribution in [0, 0.1) is 39.5 Å². The van der Waals surface area contributed by atoms with Crippen LogP contribution in [0.15, 0.2) is 12.1 Å². The minimum atomic E-state index is 0.127. The highest BCUT2D eigenvalue weighted by molar-refractivity contribution is 6.00. The fourth-order valence-electron chi connectivity index (χ4n) is 3.69. The molecule has 0 spiro atoms. The molecular formula is C18H25O. The van der Waals surface area contributed by atoms with E-state index in [1.807, 2.05) is 0 Å². The lowest BCUT2D eigenvalue weighted by Gasteiger charge is -2.22. The lowest BCUT2D eigenvalue weighted by molar-refractivity contribution is 0.0873. The molecule has 1 unspecified atom stereocenters. The molecular weight excluding hydrogens is 232 g/mol. The summed E-state index contributed by atoms with van der Waals surface area (Å²) in [7, 11) is 0. The first kappa shape index (κ1) is 14.3. The highest BCUT2D eigenvalue weighted by Crippen LogP contribution is 2.35. The quantitative estimate of drug-likeness (QED) is 0.706. The first-order valence-electron chi connectivity index (χ1n) is 7.46. The average molecular weight is 257 g/mol. The van der Waals surface area contributed by atoms with Crippen LogP contribution >= 0.6 is 0 Å². The van der Waals surface area contributed by atoms with E-state index in [9.17, 15) is 4.79 Å². The largest absolute Gasteiger partial charge is 0.294 e. The van der Waals surface area contributed by atoms with Gasteiger partial charge in [-0.15, -0.1) is 0 Å². The summed E-state index contributed by atoms with van der Waals surface area (Å²) >= 11 is 0. The highest BCUT2D eigenvalue weighted by Gasteiger charge is 2.31. The van der Waals surface area contributed by atoms with Crippen molar-refractivity contribution < 1.29 is 4.79 Å². The molecule has 0 bridgehead atoms. The van der Waals surface area contributed by atoms with Crippen molar-refractivity contribution in [1.82, 2.24) is 0 Å². The van der Waals surface area contributed by atoms with Crippen LogP contribution < -0.4 is 0 Å². The minimum absolute atomic E-state index is 0.127. The standard InChI is InChI=1S/C18H25O/c1-5-16(15-8-6-7-9-15)18(19)17-13(3)10-12(2)11-14(17)4/h10-11,15-16H,1,5-9H2,2-4H3. The lowest BCUT2D eigenvalue weighted by Crippen LogP contribution is -2.23. The van der Waals surface area contributed by atoms with E-state index >= 15 is 0 Å². The van der Waals surface area contributed by atoms with Crippen LogP contribution in [0.25, 0.3) is 0 Å². The molecule has 0 aromatic heterocycles. The molecule has 1 saturated carbocycles. The van der Waals surface area contributed by atoms with E-state index in [-0.39, 0.29) is 5.92 Å². The van der Waals surface area contributed by atoms with Gasteiger partial charge in [-0.05, 0) is 57.1 Å². The maximum Gasteiger partial charge on any atom is 0.166 e. The zero-order valence-corrected chi connectivity index (χ0v) is 12.5. The van der Waals surface area contributed by atoms with Crippen LogP contribution in [0.3, 0.4) is 0 Å². The molecule has 1 radical (unpaired) electrons. The summed E-state index contributed by atoms with van der Waals surface area (Å²) in [6.07, 6.45) is 5.70. The van der Waals surface area contributed by atoms with Gasteiger partial charge >= 0.3 is 0 Å². The number of hydrogen-bond acceptors (Lipinski definition) is 1. The van der Waals surface area contributed by atoms with E-state index in [2.05, 4.69) is 39.8 Å². The van der Waals surface area contributed by atoms with E-state index in [4.69, 9.17) is 0 Å². The van der Waals surface area contributed by atoms with Gasteiger partial charge in [0.1, 0.15) is 0 Å². The van der Waals surface area contributed by atoms with E-state index in [0.29, 0.717) is 11.7 Å². The second-order valence-corrected chi connectivity index (χ2v) is 6.08. The predicted octanol–water partition coefficient (Wildman–Crippen LogP) is 4.83. The summed E-state index contributed by atoms with van der Waals surface area (Å²) in [6.45, 7) is 10.2. The van der Waals surface area contributed by atoms with Crippen LogP contribution in [0.1, 0.15) is 59.2 Å². The van der Waals surface area contributed by atoms with Gasteiger partial charge < -0.3 is 0 Å². The van der Waals surface area contributed by atoms with Crippen LogP contribution in [-0.2, 0) is 0 Å². The molecule has 1 aliphatic carbocycles. The molecule has 0 aliphatic heterocycles. The Hall–Kier alpha value is -1.11. The van der Waals surface area contributed by atoms with Gasteiger partial charge in [-0.2, -0.15) is 0 Å². The van der Waals surface area contributed by atoms with Crippen molar-refractivity contribution >= 4 is 5.78 Å². The van der Waals surface area contributed by atoms with Crippen LogP contribution in [-0.4, -0.2) is 5.78 Å². The topological polar surface area (TPSA) is 17.1 Å². The molecule has 19 heavy (non-hydrogen) atoms. The van der Waals surface area contributed by atoms with Crippen LogP contribution in [0.4, 0.5) is 0 Å². The summed E-state index contributed by atoms with van der Waals surface area (Å²) in [5.41, 5.74) is 4.43. The first-order valence-corrected chi connectivity index (χ1v) is 7.46. The van der Waals surface area contributed by atoms with Gasteiger partial charge in [-0.25, -0.2) is 0 Å². The van der Waals surface area contributed by atoms with Gasteiger partial charge in [0.25, 0.3) is 0 Å². The molecule has 0 saturated heterocycles. The number of carbonyl (C=O) groups excluding carboxylic acids is 1. The molecule has 0 N–H and O–H groups in total. The molecule has 1 heteroatoms. The fourth-order valence-corrected chi connectivity index (χ4v) is 3.69. The van der Waals surface area contributed by atoms with Crippen molar-refractivity contribution in [2.24, 2.45) is 11.8 Å². The molecule has 1 aliphatic rings. The van der Waals surface area contributed by atoms with Gasteiger partial charge in [-0.1, -0.05) is 37.5 Å². The van der Waals surface area contributed by atoms with E-state index < -0.39 is 0 Å². The predicted molar refractivity (Wildman–Crippen MR) is 80.4 cm³/mol. The van der Waals surface area contributed by atoms with Gasteiger partial charge in [0.15, 0.2) is 5.78 Å². The third kappa shape index (κ3) is 2.91. The zero-order valence-electron chi connectivity index (χ0n) is 12.5. The summed E-state index contributed by atoms with van der Waals surface area (Å²) in [6, 6.07) is 4.24. The van der Waals surface area contributed by atoms with Crippen LogP contribution in [0.2, 0.25) is 0 Å². The third-order valence-electron chi connectivity index (χ3n) is 4.54. The maximum absolute atomic E-state index is 12.9. The van der Waals surface area contributed by atoms with Crippen molar-refractivity contribution in [2.75, 3.05) is 0 Å².